The van der Waals surface area contributed by atoms with E-state index < -0.39 is 0 Å². The van der Waals surface area contributed by atoms with Gasteiger partial charge in [0.1, 0.15) is 11.9 Å². The fourth-order valence-electron chi connectivity index (χ4n) is 2.25. The van der Waals surface area contributed by atoms with Crippen LogP contribution in [-0.2, 0) is 16.1 Å². The molecule has 1 unspecified atom stereocenters. The van der Waals surface area contributed by atoms with Gasteiger partial charge in [0.15, 0.2) is 0 Å². The number of hydrogen-bond acceptors (Lipinski definition) is 5. The van der Waals surface area contributed by atoms with E-state index in [1.54, 1.807) is 13.2 Å². The zero-order valence-electron chi connectivity index (χ0n) is 11.3. The van der Waals surface area contributed by atoms with Crippen LogP contribution in [0.1, 0.15) is 5.56 Å². The minimum atomic E-state index is -0.233. The van der Waals surface area contributed by atoms with E-state index in [0.29, 0.717) is 19.8 Å². The Kier molecular flexibility index (Phi) is 4.70. The molecule has 0 saturated carbocycles. The van der Waals surface area contributed by atoms with E-state index in [-0.39, 0.29) is 11.9 Å². The highest BCUT2D eigenvalue weighted by atomic mass is 16.5. The van der Waals surface area contributed by atoms with Crippen molar-refractivity contribution in [1.82, 2.24) is 15.2 Å². The molecule has 1 aromatic heterocycles. The molecule has 0 radical (unpaired) electrons. The highest BCUT2D eigenvalue weighted by Crippen LogP contribution is 2.17. The quantitative estimate of drug-likeness (QED) is 0.805. The molecular weight excluding hydrogens is 244 g/mol. The minimum Gasteiger partial charge on any atom is -0.378 e. The third-order valence-corrected chi connectivity index (χ3v) is 3.29. The molecular formula is C13H20N4O2. The molecule has 0 aromatic carbocycles. The molecule has 2 heterocycles. The van der Waals surface area contributed by atoms with E-state index >= 15 is 0 Å². The Bertz CT molecular complexity index is 438. The topological polar surface area (TPSA) is 66.5 Å². The number of ether oxygens (including phenoxy) is 1. The molecule has 1 amide bonds. The van der Waals surface area contributed by atoms with E-state index in [1.807, 2.05) is 19.2 Å². The van der Waals surface area contributed by atoms with Crippen molar-refractivity contribution in [2.24, 2.45) is 0 Å². The van der Waals surface area contributed by atoms with Gasteiger partial charge in [0.2, 0.25) is 5.91 Å². The average molecular weight is 264 g/mol. The second-order valence-corrected chi connectivity index (χ2v) is 4.44. The first-order valence-electron chi connectivity index (χ1n) is 6.41. The summed E-state index contributed by atoms with van der Waals surface area (Å²) >= 11 is 0. The molecule has 2 rings (SSSR count). The van der Waals surface area contributed by atoms with Crippen LogP contribution in [0.3, 0.4) is 0 Å². The lowest BCUT2D eigenvalue weighted by atomic mass is 10.1. The largest absolute Gasteiger partial charge is 0.378 e. The van der Waals surface area contributed by atoms with Crippen molar-refractivity contribution < 1.29 is 9.53 Å². The number of anilines is 1. The number of aromatic nitrogens is 1. The lowest BCUT2D eigenvalue weighted by Crippen LogP contribution is -2.52. The molecule has 1 aliphatic rings. The number of likely N-dealkylation sites (N-methyl/N-ethyl adjacent to an activating group) is 1. The Hall–Kier alpha value is -1.66. The van der Waals surface area contributed by atoms with Crippen LogP contribution in [0.4, 0.5) is 5.82 Å². The van der Waals surface area contributed by atoms with Crippen molar-refractivity contribution in [3.05, 3.63) is 23.9 Å². The van der Waals surface area contributed by atoms with E-state index in [0.717, 1.165) is 17.9 Å². The molecule has 6 heteroatoms. The Balaban J connectivity index is 2.13. The van der Waals surface area contributed by atoms with Crippen LogP contribution in [0.15, 0.2) is 18.3 Å². The van der Waals surface area contributed by atoms with Crippen LogP contribution in [0.5, 0.6) is 0 Å². The van der Waals surface area contributed by atoms with Crippen molar-refractivity contribution in [2.75, 3.05) is 39.2 Å². The molecule has 1 fully saturated rings. The normalized spacial score (nSPS) is 20.0. The van der Waals surface area contributed by atoms with Crippen molar-refractivity contribution in [2.45, 2.75) is 12.6 Å². The number of rotatable bonds is 4. The molecule has 104 valence electrons. The monoisotopic (exact) mass is 264 g/mol. The average Bonchev–Trinajstić information content (AvgIpc) is 2.47. The SMILES string of the molecule is CNC(=O)C1COCCN1Cc1cccnc1NC. The van der Waals surface area contributed by atoms with Gasteiger partial charge >= 0.3 is 0 Å². The van der Waals surface area contributed by atoms with Gasteiger partial charge in [-0.05, 0) is 6.07 Å². The first-order valence-corrected chi connectivity index (χ1v) is 6.41. The van der Waals surface area contributed by atoms with E-state index in [2.05, 4.69) is 20.5 Å². The molecule has 2 N–H and O–H groups in total. The number of nitrogens with one attached hydrogen (secondary N) is 2. The highest BCUT2D eigenvalue weighted by molar-refractivity contribution is 5.81. The number of amides is 1. The fraction of sp³-hybridized carbons (Fsp3) is 0.538. The number of morpholine rings is 1. The number of nitrogens with zero attached hydrogens (tertiary/aromatic N) is 2. The Morgan fingerprint density at radius 3 is 3.16 bits per heavy atom. The maximum absolute atomic E-state index is 11.9. The third kappa shape index (κ3) is 3.21. The number of carbonyl (C=O) groups excluding carboxylic acids is 1. The number of carbonyl (C=O) groups is 1. The summed E-state index contributed by atoms with van der Waals surface area (Å²) in [5.74, 6) is 0.847. The summed E-state index contributed by atoms with van der Waals surface area (Å²) in [6.07, 6.45) is 1.75. The van der Waals surface area contributed by atoms with Crippen molar-refractivity contribution in [3.8, 4) is 0 Å². The Morgan fingerprint density at radius 1 is 1.58 bits per heavy atom. The van der Waals surface area contributed by atoms with Gasteiger partial charge in [-0.25, -0.2) is 4.98 Å². The summed E-state index contributed by atoms with van der Waals surface area (Å²) in [5.41, 5.74) is 1.08. The van der Waals surface area contributed by atoms with Gasteiger partial charge in [0, 0.05) is 38.9 Å². The van der Waals surface area contributed by atoms with Gasteiger partial charge in [-0.15, -0.1) is 0 Å². The van der Waals surface area contributed by atoms with E-state index in [1.165, 1.54) is 0 Å². The second kappa shape index (κ2) is 6.49. The number of pyridine rings is 1. The van der Waals surface area contributed by atoms with Gasteiger partial charge in [0.25, 0.3) is 0 Å². The van der Waals surface area contributed by atoms with Crippen molar-refractivity contribution >= 4 is 11.7 Å². The van der Waals surface area contributed by atoms with Crippen LogP contribution in [0, 0.1) is 0 Å². The first-order chi connectivity index (χ1) is 9.26. The molecule has 1 aliphatic heterocycles. The van der Waals surface area contributed by atoms with Gasteiger partial charge in [-0.1, -0.05) is 6.07 Å². The summed E-state index contributed by atoms with van der Waals surface area (Å²) in [6, 6.07) is 3.70. The Labute approximate surface area is 113 Å². The van der Waals surface area contributed by atoms with Crippen LogP contribution in [-0.4, -0.2) is 55.7 Å². The maximum atomic E-state index is 11.9. The lowest BCUT2D eigenvalue weighted by Gasteiger charge is -2.34. The summed E-state index contributed by atoms with van der Waals surface area (Å²) in [6.45, 7) is 2.53. The molecule has 6 nitrogen and oxygen atoms in total. The van der Waals surface area contributed by atoms with Crippen LogP contribution in [0.2, 0.25) is 0 Å². The molecule has 0 spiro atoms. The second-order valence-electron chi connectivity index (χ2n) is 4.44. The molecule has 0 aliphatic carbocycles. The molecule has 1 aromatic rings. The van der Waals surface area contributed by atoms with Crippen LogP contribution in [0.25, 0.3) is 0 Å². The Morgan fingerprint density at radius 2 is 2.42 bits per heavy atom. The zero-order chi connectivity index (χ0) is 13.7. The van der Waals surface area contributed by atoms with Crippen LogP contribution >= 0.6 is 0 Å². The van der Waals surface area contributed by atoms with Gasteiger partial charge < -0.3 is 15.4 Å². The lowest BCUT2D eigenvalue weighted by molar-refractivity contribution is -0.132. The van der Waals surface area contributed by atoms with Gasteiger partial charge in [-0.3, -0.25) is 9.69 Å². The summed E-state index contributed by atoms with van der Waals surface area (Å²) < 4.78 is 5.40. The number of hydrogen-bond donors (Lipinski definition) is 2. The zero-order valence-corrected chi connectivity index (χ0v) is 11.3. The third-order valence-electron chi connectivity index (χ3n) is 3.29. The van der Waals surface area contributed by atoms with E-state index in [4.69, 9.17) is 4.74 Å². The molecule has 0 bridgehead atoms. The summed E-state index contributed by atoms with van der Waals surface area (Å²) in [5, 5.41) is 5.76. The maximum Gasteiger partial charge on any atom is 0.239 e. The van der Waals surface area contributed by atoms with E-state index in [9.17, 15) is 4.79 Å². The van der Waals surface area contributed by atoms with Crippen molar-refractivity contribution in [3.63, 3.8) is 0 Å². The summed E-state index contributed by atoms with van der Waals surface area (Å²) in [4.78, 5) is 18.3. The highest BCUT2D eigenvalue weighted by Gasteiger charge is 2.29. The fourth-order valence-corrected chi connectivity index (χ4v) is 2.25. The van der Waals surface area contributed by atoms with Crippen LogP contribution < -0.4 is 10.6 Å². The molecule has 19 heavy (non-hydrogen) atoms. The standard InChI is InChI=1S/C13H20N4O2/c1-14-12-10(4-3-5-16-12)8-17-6-7-19-9-11(17)13(18)15-2/h3-5,11H,6-9H2,1-2H3,(H,14,16)(H,15,18). The van der Waals surface area contributed by atoms with Crippen molar-refractivity contribution in [1.29, 1.82) is 0 Å². The van der Waals surface area contributed by atoms with Gasteiger partial charge in [-0.2, -0.15) is 0 Å². The van der Waals surface area contributed by atoms with Gasteiger partial charge in [0.05, 0.1) is 13.2 Å². The smallest absolute Gasteiger partial charge is 0.239 e. The predicted octanol–water partition coefficient (Wildman–Crippen LogP) is 0.0701. The first kappa shape index (κ1) is 13.8. The predicted molar refractivity (Wildman–Crippen MR) is 72.9 cm³/mol. The minimum absolute atomic E-state index is 0.00500. The molecule has 1 atom stereocenters. The molecule has 1 saturated heterocycles. The summed E-state index contributed by atoms with van der Waals surface area (Å²) in [7, 11) is 3.50.